The van der Waals surface area contributed by atoms with Crippen LogP contribution >= 0.6 is 0 Å². The van der Waals surface area contributed by atoms with Crippen LogP contribution < -0.4 is 0 Å². The summed E-state index contributed by atoms with van der Waals surface area (Å²) in [6.45, 7) is 4.71. The molecule has 26 heavy (non-hydrogen) atoms. The van der Waals surface area contributed by atoms with E-state index in [4.69, 9.17) is 9.47 Å². The highest BCUT2D eigenvalue weighted by atomic mass is 19.2. The van der Waals surface area contributed by atoms with Crippen LogP contribution in [0.3, 0.4) is 0 Å². The molecule has 0 N–H and O–H groups in total. The molecule has 2 aliphatic rings. The summed E-state index contributed by atoms with van der Waals surface area (Å²) in [5.41, 5.74) is 0.802. The van der Waals surface area contributed by atoms with Crippen LogP contribution in [-0.2, 0) is 9.47 Å². The fraction of sp³-hybridized carbons (Fsp3) is 0.545. The Balaban J connectivity index is 1.72. The molecular formula is C22H28F2O2. The number of benzene rings is 1. The molecule has 1 aromatic rings. The smallest absolute Gasteiger partial charge is 0.176 e. The lowest BCUT2D eigenvalue weighted by Gasteiger charge is -2.29. The van der Waals surface area contributed by atoms with E-state index in [1.165, 1.54) is 0 Å². The van der Waals surface area contributed by atoms with E-state index >= 15 is 0 Å². The van der Waals surface area contributed by atoms with E-state index in [2.05, 4.69) is 19.1 Å². The number of rotatable bonds is 5. The summed E-state index contributed by atoms with van der Waals surface area (Å²) in [6, 6.07) is 3.44. The number of ether oxygens (including phenoxy) is 2. The molecule has 142 valence electrons. The lowest BCUT2D eigenvalue weighted by molar-refractivity contribution is -0.159. The number of allylic oxidation sites excluding steroid dienone is 3. The maximum absolute atomic E-state index is 14.7. The van der Waals surface area contributed by atoms with Gasteiger partial charge in [-0.25, -0.2) is 8.78 Å². The summed E-state index contributed by atoms with van der Waals surface area (Å²) in [6.07, 6.45) is 11.7. The van der Waals surface area contributed by atoms with Crippen molar-refractivity contribution in [3.05, 3.63) is 59.2 Å². The van der Waals surface area contributed by atoms with Gasteiger partial charge < -0.3 is 9.47 Å². The van der Waals surface area contributed by atoms with Gasteiger partial charge in [0.15, 0.2) is 17.9 Å². The van der Waals surface area contributed by atoms with Crippen LogP contribution in [0.15, 0.2) is 36.4 Å². The topological polar surface area (TPSA) is 18.5 Å². The molecule has 2 nitrogen and oxygen atoms in total. The predicted molar refractivity (Wildman–Crippen MR) is 99.1 cm³/mol. The third-order valence-corrected chi connectivity index (χ3v) is 5.38. The highest BCUT2D eigenvalue weighted by Gasteiger charge is 2.28. The third kappa shape index (κ3) is 4.24. The van der Waals surface area contributed by atoms with Crippen molar-refractivity contribution in [1.29, 1.82) is 0 Å². The van der Waals surface area contributed by atoms with Gasteiger partial charge in [0.2, 0.25) is 0 Å². The Morgan fingerprint density at radius 3 is 2.35 bits per heavy atom. The van der Waals surface area contributed by atoms with Gasteiger partial charge in [0.25, 0.3) is 0 Å². The number of hydrogen-bond donors (Lipinski definition) is 0. The van der Waals surface area contributed by atoms with Gasteiger partial charge in [0.05, 0.1) is 13.2 Å². The fourth-order valence-electron chi connectivity index (χ4n) is 3.89. The molecule has 3 rings (SSSR count). The molecule has 1 saturated heterocycles. The van der Waals surface area contributed by atoms with Crippen molar-refractivity contribution >= 4 is 0 Å². The van der Waals surface area contributed by atoms with Crippen LogP contribution in [0.25, 0.3) is 0 Å². The monoisotopic (exact) mass is 362 g/mol. The average Bonchev–Trinajstić information content (AvgIpc) is 2.66. The van der Waals surface area contributed by atoms with E-state index in [0.29, 0.717) is 30.3 Å². The largest absolute Gasteiger partial charge is 0.348 e. The summed E-state index contributed by atoms with van der Waals surface area (Å²) in [5.74, 6) is -1.22. The van der Waals surface area contributed by atoms with E-state index in [-0.39, 0.29) is 11.8 Å². The first-order valence-corrected chi connectivity index (χ1v) is 9.66. The molecule has 1 aromatic carbocycles. The van der Waals surface area contributed by atoms with E-state index in [9.17, 15) is 8.78 Å². The fourth-order valence-corrected chi connectivity index (χ4v) is 3.89. The Hall–Kier alpha value is -1.52. The molecule has 0 saturated carbocycles. The molecule has 0 amide bonds. The molecule has 1 fully saturated rings. The van der Waals surface area contributed by atoms with E-state index in [1.54, 1.807) is 18.2 Å². The quantitative estimate of drug-likeness (QED) is 0.612. The molecule has 1 heterocycles. The van der Waals surface area contributed by atoms with Crippen LogP contribution in [0.2, 0.25) is 0 Å². The summed E-state index contributed by atoms with van der Waals surface area (Å²) in [4.78, 5) is 0. The normalized spacial score (nSPS) is 29.4. The molecule has 0 radical (unpaired) electrons. The SMILES string of the molecule is C/C=C/C1OCC(c2ccc(C3C=CC(CCC)CC3)c(F)c2F)CO1. The van der Waals surface area contributed by atoms with Crippen LogP contribution in [0, 0.1) is 17.6 Å². The Bertz CT molecular complexity index is 660. The van der Waals surface area contributed by atoms with Gasteiger partial charge in [-0.3, -0.25) is 0 Å². The zero-order valence-electron chi connectivity index (χ0n) is 15.6. The number of halogens is 2. The molecule has 1 aliphatic heterocycles. The molecule has 0 bridgehead atoms. The Morgan fingerprint density at radius 2 is 1.73 bits per heavy atom. The molecular weight excluding hydrogens is 334 g/mol. The van der Waals surface area contributed by atoms with Gasteiger partial charge in [0, 0.05) is 11.8 Å². The molecule has 1 aliphatic carbocycles. The third-order valence-electron chi connectivity index (χ3n) is 5.38. The summed E-state index contributed by atoms with van der Waals surface area (Å²) >= 11 is 0. The molecule has 2 atom stereocenters. The zero-order valence-corrected chi connectivity index (χ0v) is 15.6. The van der Waals surface area contributed by atoms with Crippen molar-refractivity contribution in [2.75, 3.05) is 13.2 Å². The second kappa shape index (κ2) is 8.92. The molecule has 2 unspecified atom stereocenters. The van der Waals surface area contributed by atoms with Crippen molar-refractivity contribution in [2.45, 2.75) is 57.7 Å². The minimum absolute atomic E-state index is 0.0374. The second-order valence-corrected chi connectivity index (χ2v) is 7.25. The Labute approximate surface area is 154 Å². The van der Waals surface area contributed by atoms with E-state index in [0.717, 1.165) is 25.7 Å². The van der Waals surface area contributed by atoms with Gasteiger partial charge >= 0.3 is 0 Å². The summed E-state index contributed by atoms with van der Waals surface area (Å²) < 4.78 is 40.6. The van der Waals surface area contributed by atoms with Crippen LogP contribution in [0.5, 0.6) is 0 Å². The van der Waals surface area contributed by atoms with E-state index in [1.807, 2.05) is 13.0 Å². The Kier molecular flexibility index (Phi) is 6.60. The van der Waals surface area contributed by atoms with Crippen LogP contribution in [-0.4, -0.2) is 19.5 Å². The van der Waals surface area contributed by atoms with Crippen LogP contribution in [0.1, 0.15) is 62.5 Å². The van der Waals surface area contributed by atoms with Crippen molar-refractivity contribution < 1.29 is 18.3 Å². The predicted octanol–water partition coefficient (Wildman–Crippen LogP) is 5.85. The number of hydrogen-bond acceptors (Lipinski definition) is 2. The highest BCUT2D eigenvalue weighted by molar-refractivity contribution is 5.34. The first kappa shape index (κ1) is 19.2. The summed E-state index contributed by atoms with van der Waals surface area (Å²) in [5, 5.41) is 0. The van der Waals surface area contributed by atoms with Gasteiger partial charge in [-0.2, -0.15) is 0 Å². The maximum Gasteiger partial charge on any atom is 0.176 e. The summed E-state index contributed by atoms with van der Waals surface area (Å²) in [7, 11) is 0. The maximum atomic E-state index is 14.7. The second-order valence-electron chi connectivity index (χ2n) is 7.25. The average molecular weight is 362 g/mol. The molecule has 0 spiro atoms. The minimum atomic E-state index is -0.756. The van der Waals surface area contributed by atoms with Crippen molar-refractivity contribution in [1.82, 2.24) is 0 Å². The Morgan fingerprint density at radius 1 is 1.04 bits per heavy atom. The van der Waals surface area contributed by atoms with Crippen molar-refractivity contribution in [3.63, 3.8) is 0 Å². The van der Waals surface area contributed by atoms with Gasteiger partial charge in [-0.15, -0.1) is 0 Å². The first-order chi connectivity index (χ1) is 12.6. The van der Waals surface area contributed by atoms with Crippen molar-refractivity contribution in [3.8, 4) is 0 Å². The standard InChI is InChI=1S/C22H28F2O2/c1-3-5-15-7-9-16(10-8-15)18-11-12-19(22(24)21(18)23)17-13-25-20(6-4-2)26-14-17/h4,6-7,9,11-12,15-17,20H,3,5,8,10,13-14H2,1-2H3/b6-4+. The lowest BCUT2D eigenvalue weighted by Crippen LogP contribution is -2.30. The van der Waals surface area contributed by atoms with Gasteiger partial charge in [0.1, 0.15) is 0 Å². The van der Waals surface area contributed by atoms with Gasteiger partial charge in [-0.1, -0.05) is 43.7 Å². The lowest BCUT2D eigenvalue weighted by atomic mass is 9.82. The van der Waals surface area contributed by atoms with Gasteiger partial charge in [-0.05, 0) is 49.3 Å². The first-order valence-electron chi connectivity index (χ1n) is 9.66. The minimum Gasteiger partial charge on any atom is -0.348 e. The van der Waals surface area contributed by atoms with E-state index < -0.39 is 17.9 Å². The van der Waals surface area contributed by atoms with Crippen LogP contribution in [0.4, 0.5) is 8.78 Å². The van der Waals surface area contributed by atoms with Crippen molar-refractivity contribution in [2.24, 2.45) is 5.92 Å². The highest BCUT2D eigenvalue weighted by Crippen LogP contribution is 2.36. The zero-order chi connectivity index (χ0) is 18.5. The molecule has 4 heteroatoms. The molecule has 0 aromatic heterocycles.